The summed E-state index contributed by atoms with van der Waals surface area (Å²) in [6, 6.07) is 6.37. The first-order valence-electron chi connectivity index (χ1n) is 7.08. The SMILES string of the molecule is CCCOc1cccc2c1nc(N)n2CC(C)N(C)C. The Morgan fingerprint density at radius 3 is 2.80 bits per heavy atom. The summed E-state index contributed by atoms with van der Waals surface area (Å²) >= 11 is 0. The number of hydrogen-bond donors (Lipinski definition) is 1. The molecular formula is C15H24N4O. The van der Waals surface area contributed by atoms with E-state index in [1.165, 1.54) is 0 Å². The number of nitrogens with two attached hydrogens (primary N) is 1. The van der Waals surface area contributed by atoms with Crippen LogP contribution in [0.4, 0.5) is 5.95 Å². The molecule has 1 heterocycles. The first kappa shape index (κ1) is 14.7. The van der Waals surface area contributed by atoms with Gasteiger partial charge in [-0.15, -0.1) is 0 Å². The highest BCUT2D eigenvalue weighted by Gasteiger charge is 2.15. The van der Waals surface area contributed by atoms with Gasteiger partial charge in [0.15, 0.2) is 0 Å². The molecule has 1 aromatic carbocycles. The topological polar surface area (TPSA) is 56.3 Å². The van der Waals surface area contributed by atoms with E-state index >= 15 is 0 Å². The van der Waals surface area contributed by atoms with Gasteiger partial charge in [0.25, 0.3) is 0 Å². The maximum Gasteiger partial charge on any atom is 0.201 e. The maximum atomic E-state index is 6.08. The van der Waals surface area contributed by atoms with E-state index in [-0.39, 0.29) is 0 Å². The van der Waals surface area contributed by atoms with E-state index in [1.807, 2.05) is 18.2 Å². The molecule has 2 aromatic rings. The predicted molar refractivity (Wildman–Crippen MR) is 83.1 cm³/mol. The van der Waals surface area contributed by atoms with Gasteiger partial charge in [-0.3, -0.25) is 0 Å². The Bertz CT molecular complexity index is 577. The van der Waals surface area contributed by atoms with Crippen molar-refractivity contribution in [2.75, 3.05) is 26.4 Å². The zero-order valence-corrected chi connectivity index (χ0v) is 12.8. The third-order valence-corrected chi connectivity index (χ3v) is 3.56. The van der Waals surface area contributed by atoms with E-state index < -0.39 is 0 Å². The average Bonchev–Trinajstić information content (AvgIpc) is 2.73. The average molecular weight is 276 g/mol. The predicted octanol–water partition coefficient (Wildman–Crippen LogP) is 2.36. The normalized spacial score (nSPS) is 13.1. The van der Waals surface area contributed by atoms with Crippen LogP contribution in [0.1, 0.15) is 20.3 Å². The summed E-state index contributed by atoms with van der Waals surface area (Å²) in [6.07, 6.45) is 0.976. The van der Waals surface area contributed by atoms with Crippen molar-refractivity contribution >= 4 is 17.0 Å². The van der Waals surface area contributed by atoms with Gasteiger partial charge < -0.3 is 19.9 Å². The van der Waals surface area contributed by atoms with Crippen molar-refractivity contribution in [2.24, 2.45) is 0 Å². The zero-order chi connectivity index (χ0) is 14.7. The Balaban J connectivity index is 2.38. The molecule has 2 rings (SSSR count). The van der Waals surface area contributed by atoms with Crippen LogP contribution in [-0.2, 0) is 6.54 Å². The van der Waals surface area contributed by atoms with Crippen molar-refractivity contribution in [3.05, 3.63) is 18.2 Å². The Hall–Kier alpha value is -1.75. The Labute approximate surface area is 120 Å². The van der Waals surface area contributed by atoms with Gasteiger partial charge in [-0.05, 0) is 39.6 Å². The number of ether oxygens (including phenoxy) is 1. The van der Waals surface area contributed by atoms with Crippen LogP contribution in [0, 0.1) is 0 Å². The highest BCUT2D eigenvalue weighted by molar-refractivity contribution is 5.84. The van der Waals surface area contributed by atoms with Gasteiger partial charge in [-0.25, -0.2) is 4.98 Å². The standard InChI is InChI=1S/C15H24N4O/c1-5-9-20-13-8-6-7-12-14(13)17-15(16)19(12)10-11(2)18(3)4/h6-8,11H,5,9-10H2,1-4H3,(H2,16,17). The van der Waals surface area contributed by atoms with Gasteiger partial charge in [0.05, 0.1) is 12.1 Å². The first-order chi connectivity index (χ1) is 9.54. The van der Waals surface area contributed by atoms with Crippen LogP contribution in [0.2, 0.25) is 0 Å². The van der Waals surface area contributed by atoms with E-state index in [2.05, 4.69) is 42.4 Å². The molecule has 0 spiro atoms. The van der Waals surface area contributed by atoms with Crippen LogP contribution in [0.25, 0.3) is 11.0 Å². The lowest BCUT2D eigenvalue weighted by Crippen LogP contribution is -2.29. The van der Waals surface area contributed by atoms with Crippen LogP contribution in [0.5, 0.6) is 5.75 Å². The Kier molecular flexibility index (Phi) is 4.49. The first-order valence-corrected chi connectivity index (χ1v) is 7.08. The van der Waals surface area contributed by atoms with E-state index in [0.29, 0.717) is 18.6 Å². The number of likely N-dealkylation sites (N-methyl/N-ethyl adjacent to an activating group) is 1. The highest BCUT2D eigenvalue weighted by Crippen LogP contribution is 2.27. The molecule has 0 radical (unpaired) electrons. The molecule has 20 heavy (non-hydrogen) atoms. The fraction of sp³-hybridized carbons (Fsp3) is 0.533. The second kappa shape index (κ2) is 6.13. The number of anilines is 1. The Morgan fingerprint density at radius 1 is 1.40 bits per heavy atom. The van der Waals surface area contributed by atoms with Gasteiger partial charge in [0.1, 0.15) is 11.3 Å². The molecule has 0 saturated carbocycles. The molecule has 0 aliphatic rings. The number of para-hydroxylation sites is 1. The fourth-order valence-corrected chi connectivity index (χ4v) is 2.09. The maximum absolute atomic E-state index is 6.08. The molecular weight excluding hydrogens is 252 g/mol. The number of fused-ring (bicyclic) bond motifs is 1. The smallest absolute Gasteiger partial charge is 0.201 e. The second-order valence-corrected chi connectivity index (χ2v) is 5.37. The van der Waals surface area contributed by atoms with E-state index in [9.17, 15) is 0 Å². The van der Waals surface area contributed by atoms with Crippen LogP contribution in [-0.4, -0.2) is 41.2 Å². The van der Waals surface area contributed by atoms with Crippen LogP contribution < -0.4 is 10.5 Å². The number of rotatable bonds is 6. The number of imidazole rings is 1. The summed E-state index contributed by atoms with van der Waals surface area (Å²) < 4.78 is 7.80. The lowest BCUT2D eigenvalue weighted by atomic mass is 10.2. The summed E-state index contributed by atoms with van der Waals surface area (Å²) in [5.74, 6) is 1.36. The molecule has 1 unspecified atom stereocenters. The summed E-state index contributed by atoms with van der Waals surface area (Å²) in [5.41, 5.74) is 7.96. The summed E-state index contributed by atoms with van der Waals surface area (Å²) in [5, 5.41) is 0. The number of nitrogen functional groups attached to an aromatic ring is 1. The van der Waals surface area contributed by atoms with Crippen molar-refractivity contribution in [3.8, 4) is 5.75 Å². The minimum Gasteiger partial charge on any atom is -0.491 e. The molecule has 1 atom stereocenters. The van der Waals surface area contributed by atoms with Gasteiger partial charge in [0, 0.05) is 12.6 Å². The van der Waals surface area contributed by atoms with Crippen LogP contribution in [0.15, 0.2) is 18.2 Å². The van der Waals surface area contributed by atoms with Gasteiger partial charge in [-0.2, -0.15) is 0 Å². The summed E-state index contributed by atoms with van der Waals surface area (Å²) in [4.78, 5) is 6.64. The molecule has 1 aromatic heterocycles. The van der Waals surface area contributed by atoms with Crippen LogP contribution in [0.3, 0.4) is 0 Å². The largest absolute Gasteiger partial charge is 0.491 e. The molecule has 5 heteroatoms. The zero-order valence-electron chi connectivity index (χ0n) is 12.8. The van der Waals surface area contributed by atoms with Crippen LogP contribution >= 0.6 is 0 Å². The number of nitrogens with zero attached hydrogens (tertiary/aromatic N) is 3. The molecule has 0 aliphatic heterocycles. The number of aromatic nitrogens is 2. The molecule has 2 N–H and O–H groups in total. The third kappa shape index (κ3) is 2.88. The van der Waals surface area contributed by atoms with E-state index in [0.717, 1.165) is 29.7 Å². The molecule has 0 fully saturated rings. The van der Waals surface area contributed by atoms with Crippen molar-refractivity contribution in [3.63, 3.8) is 0 Å². The summed E-state index contributed by atoms with van der Waals surface area (Å²) in [7, 11) is 4.13. The monoisotopic (exact) mass is 276 g/mol. The quantitative estimate of drug-likeness (QED) is 0.880. The fourth-order valence-electron chi connectivity index (χ4n) is 2.09. The third-order valence-electron chi connectivity index (χ3n) is 3.56. The number of hydrogen-bond acceptors (Lipinski definition) is 4. The van der Waals surface area contributed by atoms with E-state index in [4.69, 9.17) is 10.5 Å². The van der Waals surface area contributed by atoms with E-state index in [1.54, 1.807) is 0 Å². The molecule has 0 bridgehead atoms. The molecule has 0 aliphatic carbocycles. The van der Waals surface area contributed by atoms with Gasteiger partial charge >= 0.3 is 0 Å². The van der Waals surface area contributed by atoms with Crippen molar-refractivity contribution in [2.45, 2.75) is 32.9 Å². The molecule has 110 valence electrons. The molecule has 5 nitrogen and oxygen atoms in total. The number of benzene rings is 1. The van der Waals surface area contributed by atoms with Gasteiger partial charge in [0.2, 0.25) is 5.95 Å². The van der Waals surface area contributed by atoms with Crippen molar-refractivity contribution in [1.82, 2.24) is 14.5 Å². The minimum absolute atomic E-state index is 0.384. The molecule has 0 amide bonds. The highest BCUT2D eigenvalue weighted by atomic mass is 16.5. The second-order valence-electron chi connectivity index (χ2n) is 5.37. The lowest BCUT2D eigenvalue weighted by Gasteiger charge is -2.21. The lowest BCUT2D eigenvalue weighted by molar-refractivity contribution is 0.287. The minimum atomic E-state index is 0.384. The molecule has 0 saturated heterocycles. The van der Waals surface area contributed by atoms with Gasteiger partial charge in [-0.1, -0.05) is 13.0 Å². The Morgan fingerprint density at radius 2 is 2.15 bits per heavy atom. The van der Waals surface area contributed by atoms with Crippen molar-refractivity contribution < 1.29 is 4.74 Å². The summed E-state index contributed by atoms with van der Waals surface area (Å²) in [6.45, 7) is 5.76. The van der Waals surface area contributed by atoms with Crippen molar-refractivity contribution in [1.29, 1.82) is 0 Å².